The van der Waals surface area contributed by atoms with Gasteiger partial charge in [0, 0.05) is 22.9 Å². The Bertz CT molecular complexity index is 272. The molecule has 0 unspecified atom stereocenters. The third-order valence-electron chi connectivity index (χ3n) is 2.99. The van der Waals surface area contributed by atoms with Gasteiger partial charge >= 0.3 is 0 Å². The van der Waals surface area contributed by atoms with Gasteiger partial charge < -0.3 is 0 Å². The lowest BCUT2D eigenvalue weighted by Gasteiger charge is -2.37. The molecule has 0 aromatic carbocycles. The lowest BCUT2D eigenvalue weighted by molar-refractivity contribution is 0.120. The predicted molar refractivity (Wildman–Crippen MR) is 68.6 cm³/mol. The smallest absolute Gasteiger partial charge is 0.107 e. The molecule has 0 amide bonds. The highest BCUT2D eigenvalue weighted by atomic mass is 79.9. The average molecular weight is 289 g/mol. The highest BCUT2D eigenvalue weighted by Crippen LogP contribution is 2.26. The third kappa shape index (κ3) is 3.26. The Labute approximate surface area is 104 Å². The molecule has 1 saturated carbocycles. The number of alkyl halides is 1. The van der Waals surface area contributed by atoms with Crippen molar-refractivity contribution in [1.29, 1.82) is 0 Å². The first-order valence-electron chi connectivity index (χ1n) is 5.58. The molecule has 1 heterocycles. The topological polar surface area (TPSA) is 16.1 Å². The molecule has 0 aliphatic heterocycles. The van der Waals surface area contributed by atoms with Crippen molar-refractivity contribution in [2.24, 2.45) is 0 Å². The molecule has 4 heteroatoms. The summed E-state index contributed by atoms with van der Waals surface area (Å²) in [6, 6.07) is 0.827. The van der Waals surface area contributed by atoms with Crippen LogP contribution in [0.1, 0.15) is 30.7 Å². The van der Waals surface area contributed by atoms with Crippen molar-refractivity contribution in [3.63, 3.8) is 0 Å². The molecule has 1 aromatic rings. The quantitative estimate of drug-likeness (QED) is 0.747. The van der Waals surface area contributed by atoms with Gasteiger partial charge in [0.25, 0.3) is 0 Å². The van der Waals surface area contributed by atoms with Gasteiger partial charge in [-0.3, -0.25) is 4.90 Å². The summed E-state index contributed by atoms with van der Waals surface area (Å²) < 4.78 is 0. The molecule has 1 aliphatic rings. The SMILES string of the molecule is BrCCCN(Cc1nccs1)C1CCC1. The normalized spacial score (nSPS) is 16.9. The summed E-state index contributed by atoms with van der Waals surface area (Å²) in [4.78, 5) is 6.97. The summed E-state index contributed by atoms with van der Waals surface area (Å²) in [6.07, 6.45) is 7.32. The Hall–Kier alpha value is 0.0700. The lowest BCUT2D eigenvalue weighted by atomic mass is 9.91. The minimum absolute atomic E-state index is 0.827. The fourth-order valence-electron chi connectivity index (χ4n) is 1.91. The van der Waals surface area contributed by atoms with Crippen molar-refractivity contribution in [2.75, 3.05) is 11.9 Å². The molecule has 0 saturated heterocycles. The van der Waals surface area contributed by atoms with E-state index in [1.165, 1.54) is 37.2 Å². The second-order valence-electron chi connectivity index (χ2n) is 4.02. The summed E-state index contributed by atoms with van der Waals surface area (Å²) in [5.41, 5.74) is 0. The van der Waals surface area contributed by atoms with Crippen LogP contribution < -0.4 is 0 Å². The lowest BCUT2D eigenvalue weighted by Crippen LogP contribution is -2.40. The summed E-state index contributed by atoms with van der Waals surface area (Å²) in [6.45, 7) is 2.25. The van der Waals surface area contributed by atoms with Gasteiger partial charge in [0.2, 0.25) is 0 Å². The average Bonchev–Trinajstić information content (AvgIpc) is 2.64. The van der Waals surface area contributed by atoms with Gasteiger partial charge in [0.1, 0.15) is 5.01 Å². The number of aromatic nitrogens is 1. The Kier molecular flexibility index (Phi) is 4.60. The van der Waals surface area contributed by atoms with Crippen LogP contribution in [-0.2, 0) is 6.54 Å². The molecule has 0 N–H and O–H groups in total. The summed E-state index contributed by atoms with van der Waals surface area (Å²) >= 11 is 5.28. The second-order valence-corrected chi connectivity index (χ2v) is 5.80. The number of hydrogen-bond acceptors (Lipinski definition) is 3. The van der Waals surface area contributed by atoms with E-state index >= 15 is 0 Å². The highest BCUT2D eigenvalue weighted by Gasteiger charge is 2.24. The zero-order chi connectivity index (χ0) is 10.5. The van der Waals surface area contributed by atoms with Crippen LogP contribution in [0.4, 0.5) is 0 Å². The van der Waals surface area contributed by atoms with Crippen molar-refractivity contribution in [1.82, 2.24) is 9.88 Å². The van der Waals surface area contributed by atoms with Crippen molar-refractivity contribution in [3.8, 4) is 0 Å². The van der Waals surface area contributed by atoms with Crippen LogP contribution in [0, 0.1) is 0 Å². The van der Waals surface area contributed by atoms with Crippen molar-refractivity contribution in [2.45, 2.75) is 38.3 Å². The van der Waals surface area contributed by atoms with Gasteiger partial charge in [-0.15, -0.1) is 11.3 Å². The third-order valence-corrected chi connectivity index (χ3v) is 4.32. The minimum atomic E-state index is 0.827. The summed E-state index contributed by atoms with van der Waals surface area (Å²) in [5, 5.41) is 4.43. The maximum Gasteiger partial charge on any atom is 0.107 e. The second kappa shape index (κ2) is 5.97. The maximum atomic E-state index is 4.37. The molecule has 2 nitrogen and oxygen atoms in total. The van der Waals surface area contributed by atoms with Crippen molar-refractivity contribution in [3.05, 3.63) is 16.6 Å². The van der Waals surface area contributed by atoms with Crippen LogP contribution >= 0.6 is 27.3 Å². The molecule has 2 rings (SSSR count). The molecule has 1 aromatic heterocycles. The van der Waals surface area contributed by atoms with E-state index in [1.807, 2.05) is 6.20 Å². The summed E-state index contributed by atoms with van der Waals surface area (Å²) in [5.74, 6) is 0. The van der Waals surface area contributed by atoms with E-state index in [4.69, 9.17) is 0 Å². The van der Waals surface area contributed by atoms with Gasteiger partial charge in [-0.25, -0.2) is 4.98 Å². The van der Waals surface area contributed by atoms with Crippen LogP contribution in [0.5, 0.6) is 0 Å². The number of nitrogens with zero attached hydrogens (tertiary/aromatic N) is 2. The zero-order valence-corrected chi connectivity index (χ0v) is 11.3. The summed E-state index contributed by atoms with van der Waals surface area (Å²) in [7, 11) is 0. The molecular weight excluding hydrogens is 272 g/mol. The largest absolute Gasteiger partial charge is 0.294 e. The fraction of sp³-hybridized carbons (Fsp3) is 0.727. The van der Waals surface area contributed by atoms with E-state index in [9.17, 15) is 0 Å². The van der Waals surface area contributed by atoms with Crippen LogP contribution in [-0.4, -0.2) is 27.8 Å². The fourth-order valence-corrected chi connectivity index (χ4v) is 2.80. The number of rotatable bonds is 6. The zero-order valence-electron chi connectivity index (χ0n) is 8.86. The molecule has 0 spiro atoms. The monoisotopic (exact) mass is 288 g/mol. The first-order valence-corrected chi connectivity index (χ1v) is 7.58. The molecule has 0 bridgehead atoms. The van der Waals surface area contributed by atoms with Crippen LogP contribution in [0.3, 0.4) is 0 Å². The van der Waals surface area contributed by atoms with E-state index in [0.717, 1.165) is 17.9 Å². The van der Waals surface area contributed by atoms with Gasteiger partial charge in [-0.2, -0.15) is 0 Å². The Morgan fingerprint density at radius 3 is 2.93 bits per heavy atom. The van der Waals surface area contributed by atoms with Crippen LogP contribution in [0.15, 0.2) is 11.6 Å². The van der Waals surface area contributed by atoms with Gasteiger partial charge in [0.15, 0.2) is 0 Å². The van der Waals surface area contributed by atoms with Gasteiger partial charge in [-0.05, 0) is 25.8 Å². The first kappa shape index (κ1) is 11.6. The number of halogens is 1. The van der Waals surface area contributed by atoms with E-state index in [-0.39, 0.29) is 0 Å². The number of hydrogen-bond donors (Lipinski definition) is 0. The van der Waals surface area contributed by atoms with Crippen molar-refractivity contribution >= 4 is 27.3 Å². The van der Waals surface area contributed by atoms with Crippen LogP contribution in [0.25, 0.3) is 0 Å². The van der Waals surface area contributed by atoms with E-state index < -0.39 is 0 Å². The Morgan fingerprint density at radius 1 is 1.53 bits per heavy atom. The van der Waals surface area contributed by atoms with Crippen molar-refractivity contribution < 1.29 is 0 Å². The highest BCUT2D eigenvalue weighted by molar-refractivity contribution is 9.09. The molecule has 1 fully saturated rings. The maximum absolute atomic E-state index is 4.37. The molecule has 1 aliphatic carbocycles. The number of thiazole rings is 1. The molecular formula is C11H17BrN2S. The van der Waals surface area contributed by atoms with E-state index in [2.05, 4.69) is 31.2 Å². The molecule has 0 radical (unpaired) electrons. The Balaban J connectivity index is 1.86. The Morgan fingerprint density at radius 2 is 2.40 bits per heavy atom. The first-order chi connectivity index (χ1) is 7.40. The standard InChI is InChI=1S/C11H17BrN2S/c12-5-2-7-14(10-3-1-4-10)9-11-13-6-8-15-11/h6,8,10H,1-5,7,9H2. The van der Waals surface area contributed by atoms with Crippen LogP contribution in [0.2, 0.25) is 0 Å². The van der Waals surface area contributed by atoms with E-state index in [1.54, 1.807) is 11.3 Å². The van der Waals surface area contributed by atoms with Gasteiger partial charge in [-0.1, -0.05) is 22.4 Å². The van der Waals surface area contributed by atoms with E-state index in [0.29, 0.717) is 0 Å². The molecule has 15 heavy (non-hydrogen) atoms. The predicted octanol–water partition coefficient (Wildman–Crippen LogP) is 3.28. The molecule has 0 atom stereocenters. The molecule has 84 valence electrons. The minimum Gasteiger partial charge on any atom is -0.294 e. The van der Waals surface area contributed by atoms with Gasteiger partial charge in [0.05, 0.1) is 6.54 Å².